The molecule has 0 aromatic heterocycles. The minimum atomic E-state index is -1.10. The van der Waals surface area contributed by atoms with Gasteiger partial charge in [0.1, 0.15) is 12.4 Å². The Balaban J connectivity index is 1.21. The van der Waals surface area contributed by atoms with E-state index in [1.165, 1.54) is 44.4 Å². The van der Waals surface area contributed by atoms with Crippen LogP contribution in [0.1, 0.15) is 51.9 Å². The summed E-state index contributed by atoms with van der Waals surface area (Å²) in [6, 6.07) is 5.76. The first-order valence-electron chi connectivity index (χ1n) is 10.8. The second kappa shape index (κ2) is 8.36. The molecule has 0 spiro atoms. The lowest BCUT2D eigenvalue weighted by Gasteiger charge is -2.56. The molecule has 4 aliphatic rings. The molecule has 1 aromatic carbocycles. The molecular weight excluding hydrogens is 387 g/mol. The summed E-state index contributed by atoms with van der Waals surface area (Å²) in [6.45, 7) is 1.13. The van der Waals surface area contributed by atoms with Crippen molar-refractivity contribution in [2.45, 2.75) is 58.0 Å². The van der Waals surface area contributed by atoms with Crippen LogP contribution in [0.15, 0.2) is 24.3 Å². The molecule has 2 N–H and O–H groups in total. The van der Waals surface area contributed by atoms with Gasteiger partial charge in [-0.1, -0.05) is 12.1 Å². The maximum absolute atomic E-state index is 13.6. The summed E-state index contributed by atoms with van der Waals surface area (Å²) < 4.78 is 18.7. The van der Waals surface area contributed by atoms with E-state index in [1.807, 2.05) is 0 Å². The highest BCUT2D eigenvalue weighted by molar-refractivity contribution is 5.95. The average Bonchev–Trinajstić information content (AvgIpc) is 2.66. The van der Waals surface area contributed by atoms with E-state index in [2.05, 4.69) is 10.6 Å². The molecule has 0 unspecified atom stereocenters. The number of halogens is 1. The monoisotopic (exact) mass is 416 g/mol. The molecule has 4 saturated carbocycles. The fourth-order valence-electron chi connectivity index (χ4n) is 6.17. The number of hydrogen-bond donors (Lipinski definition) is 2. The molecule has 2 amide bonds. The number of carbonyl (C=O) groups is 3. The van der Waals surface area contributed by atoms with Crippen molar-refractivity contribution in [3.05, 3.63) is 30.1 Å². The third kappa shape index (κ3) is 4.65. The van der Waals surface area contributed by atoms with Gasteiger partial charge in [-0.15, -0.1) is 0 Å². The number of benzene rings is 1. The van der Waals surface area contributed by atoms with Crippen LogP contribution in [0, 0.1) is 29.0 Å². The Morgan fingerprint density at radius 1 is 1.10 bits per heavy atom. The summed E-state index contributed by atoms with van der Waals surface area (Å²) in [5.74, 6) is 0.283. The second-order valence-corrected chi connectivity index (χ2v) is 9.47. The van der Waals surface area contributed by atoms with Crippen molar-refractivity contribution in [1.29, 1.82) is 0 Å². The van der Waals surface area contributed by atoms with Gasteiger partial charge >= 0.3 is 5.97 Å². The Hall–Kier alpha value is -2.44. The number of ether oxygens (including phenoxy) is 1. The highest BCUT2D eigenvalue weighted by Crippen LogP contribution is 2.61. The van der Waals surface area contributed by atoms with Crippen LogP contribution in [0.5, 0.6) is 0 Å². The van der Waals surface area contributed by atoms with Gasteiger partial charge in [-0.25, -0.2) is 4.39 Å². The van der Waals surface area contributed by atoms with E-state index in [9.17, 15) is 18.8 Å². The third-order valence-corrected chi connectivity index (χ3v) is 6.94. The lowest BCUT2D eigenvalue weighted by Crippen LogP contribution is -2.48. The fourth-order valence-corrected chi connectivity index (χ4v) is 6.17. The van der Waals surface area contributed by atoms with E-state index >= 15 is 0 Å². The predicted molar refractivity (Wildman–Crippen MR) is 109 cm³/mol. The van der Waals surface area contributed by atoms with Crippen molar-refractivity contribution >= 4 is 23.5 Å². The molecule has 7 heteroatoms. The highest BCUT2D eigenvalue weighted by atomic mass is 19.1. The SMILES string of the molecule is C[C@H](OC(=O)CNC(=O)CC12CC3CC(CC(C3)C1)C2)C(=O)Nc1ccccc1F. The van der Waals surface area contributed by atoms with Crippen molar-refractivity contribution in [2.75, 3.05) is 11.9 Å². The lowest BCUT2D eigenvalue weighted by atomic mass is 9.49. The minimum absolute atomic E-state index is 0.0225. The number of anilines is 1. The molecule has 4 aliphatic carbocycles. The smallest absolute Gasteiger partial charge is 0.326 e. The number of nitrogens with one attached hydrogen (secondary N) is 2. The zero-order chi connectivity index (χ0) is 21.3. The maximum atomic E-state index is 13.6. The first-order valence-corrected chi connectivity index (χ1v) is 10.8. The van der Waals surface area contributed by atoms with Crippen LogP contribution >= 0.6 is 0 Å². The van der Waals surface area contributed by atoms with E-state index in [4.69, 9.17) is 4.74 Å². The second-order valence-electron chi connectivity index (χ2n) is 9.47. The van der Waals surface area contributed by atoms with Gasteiger partial charge in [-0.3, -0.25) is 14.4 Å². The third-order valence-electron chi connectivity index (χ3n) is 6.94. The number of amides is 2. The molecule has 1 aromatic rings. The van der Waals surface area contributed by atoms with E-state index in [0.717, 1.165) is 37.0 Å². The molecule has 4 bridgehead atoms. The number of esters is 1. The molecule has 0 saturated heterocycles. The number of rotatable bonds is 7. The first kappa shape index (κ1) is 20.8. The van der Waals surface area contributed by atoms with Crippen molar-refractivity contribution in [2.24, 2.45) is 23.2 Å². The summed E-state index contributed by atoms with van der Waals surface area (Å²) in [5, 5.41) is 5.04. The summed E-state index contributed by atoms with van der Waals surface area (Å²) in [5.41, 5.74) is 0.129. The molecule has 1 atom stereocenters. The van der Waals surface area contributed by atoms with Crippen LogP contribution in [0.4, 0.5) is 10.1 Å². The van der Waals surface area contributed by atoms with Crippen molar-refractivity contribution in [3.63, 3.8) is 0 Å². The van der Waals surface area contributed by atoms with E-state index in [1.54, 1.807) is 6.07 Å². The Kier molecular flexibility index (Phi) is 5.80. The Labute approximate surface area is 175 Å². The molecule has 0 heterocycles. The Bertz CT molecular complexity index is 805. The fraction of sp³-hybridized carbons (Fsp3) is 0.609. The van der Waals surface area contributed by atoms with Crippen molar-refractivity contribution in [1.82, 2.24) is 5.32 Å². The van der Waals surface area contributed by atoms with Crippen molar-refractivity contribution < 1.29 is 23.5 Å². The maximum Gasteiger partial charge on any atom is 0.326 e. The molecule has 6 nitrogen and oxygen atoms in total. The number of hydrogen-bond acceptors (Lipinski definition) is 4. The first-order chi connectivity index (χ1) is 14.3. The molecule has 0 radical (unpaired) electrons. The Morgan fingerprint density at radius 2 is 1.70 bits per heavy atom. The van der Waals surface area contributed by atoms with Gasteiger partial charge in [0, 0.05) is 6.42 Å². The van der Waals surface area contributed by atoms with Crippen LogP contribution in [-0.2, 0) is 19.1 Å². The zero-order valence-corrected chi connectivity index (χ0v) is 17.3. The normalized spacial score (nSPS) is 29.9. The largest absolute Gasteiger partial charge is 0.451 e. The summed E-state index contributed by atoms with van der Waals surface area (Å²) >= 11 is 0. The van der Waals surface area contributed by atoms with Gasteiger partial charge in [0.25, 0.3) is 5.91 Å². The Morgan fingerprint density at radius 3 is 2.30 bits per heavy atom. The number of carbonyl (C=O) groups excluding carboxylic acids is 3. The summed E-state index contributed by atoms with van der Waals surface area (Å²) in [6.07, 6.45) is 6.71. The molecule has 4 fully saturated rings. The van der Waals surface area contributed by atoms with Gasteiger partial charge in [0.15, 0.2) is 6.10 Å². The molecule has 30 heavy (non-hydrogen) atoms. The quantitative estimate of drug-likeness (QED) is 0.667. The lowest BCUT2D eigenvalue weighted by molar-refractivity contribution is -0.153. The summed E-state index contributed by atoms with van der Waals surface area (Å²) in [4.78, 5) is 36.7. The highest BCUT2D eigenvalue weighted by Gasteiger charge is 2.51. The van der Waals surface area contributed by atoms with Crippen LogP contribution in [0.25, 0.3) is 0 Å². The predicted octanol–water partition coefficient (Wildman–Crippen LogP) is 3.42. The molecule has 162 valence electrons. The van der Waals surface area contributed by atoms with E-state index in [0.29, 0.717) is 6.42 Å². The van der Waals surface area contributed by atoms with Gasteiger partial charge in [0.2, 0.25) is 5.91 Å². The van der Waals surface area contributed by atoms with Crippen LogP contribution < -0.4 is 10.6 Å². The van der Waals surface area contributed by atoms with Gasteiger partial charge in [-0.05, 0) is 80.8 Å². The van der Waals surface area contributed by atoms with Crippen molar-refractivity contribution in [3.8, 4) is 0 Å². The molecular formula is C23H29FN2O4. The number of para-hydroxylation sites is 1. The van der Waals surface area contributed by atoms with Gasteiger partial charge < -0.3 is 15.4 Å². The topological polar surface area (TPSA) is 84.5 Å². The van der Waals surface area contributed by atoms with Gasteiger partial charge in [0.05, 0.1) is 5.69 Å². The van der Waals surface area contributed by atoms with Crippen LogP contribution in [0.2, 0.25) is 0 Å². The molecule has 0 aliphatic heterocycles. The van der Waals surface area contributed by atoms with Crippen LogP contribution in [-0.4, -0.2) is 30.4 Å². The van der Waals surface area contributed by atoms with Gasteiger partial charge in [-0.2, -0.15) is 0 Å². The average molecular weight is 416 g/mol. The van der Waals surface area contributed by atoms with Crippen LogP contribution in [0.3, 0.4) is 0 Å². The van der Waals surface area contributed by atoms with E-state index < -0.39 is 23.8 Å². The zero-order valence-electron chi connectivity index (χ0n) is 17.3. The molecule has 5 rings (SSSR count). The standard InChI is InChI=1S/C23H29FN2O4/c1-14(22(29)26-19-5-3-2-4-18(19)24)30-21(28)13-25-20(27)12-23-9-15-6-16(10-23)8-17(7-15)11-23/h2-5,14-17H,6-13H2,1H3,(H,25,27)(H,26,29)/t14-,15?,16?,17?,23?/m0/s1. The summed E-state index contributed by atoms with van der Waals surface area (Å²) in [7, 11) is 0. The van der Waals surface area contributed by atoms with E-state index in [-0.39, 0.29) is 23.6 Å². The minimum Gasteiger partial charge on any atom is -0.451 e.